The van der Waals surface area contributed by atoms with Crippen LogP contribution in [0.1, 0.15) is 37.7 Å². The Morgan fingerprint density at radius 2 is 1.61 bits per heavy atom. The topological polar surface area (TPSA) is 25.8 Å². The van der Waals surface area contributed by atoms with Gasteiger partial charge in [0.05, 0.1) is 0 Å². The van der Waals surface area contributed by atoms with Gasteiger partial charge in [0.15, 0.2) is 0 Å². The molecule has 0 atom stereocenters. The van der Waals surface area contributed by atoms with Crippen molar-refractivity contribution in [1.29, 1.82) is 0 Å². The molecular weight excluding hydrogens is 220 g/mol. The average Bonchev–Trinajstić information content (AvgIpc) is 2.37. The van der Waals surface area contributed by atoms with Crippen LogP contribution in [-0.4, -0.2) is 9.97 Å². The van der Waals surface area contributed by atoms with Gasteiger partial charge in [-0.1, -0.05) is 26.8 Å². The molecule has 94 valence electrons. The maximum Gasteiger partial charge on any atom is 0.0410 e. The van der Waals surface area contributed by atoms with Crippen LogP contribution in [0.25, 0.3) is 0 Å². The van der Waals surface area contributed by atoms with E-state index in [0.717, 1.165) is 24.2 Å². The van der Waals surface area contributed by atoms with Crippen molar-refractivity contribution in [3.05, 3.63) is 59.7 Å². The molecule has 2 heterocycles. The number of aromatic nitrogens is 2. The van der Waals surface area contributed by atoms with Gasteiger partial charge >= 0.3 is 0 Å². The Morgan fingerprint density at radius 1 is 0.889 bits per heavy atom. The van der Waals surface area contributed by atoms with Crippen molar-refractivity contribution in [3.63, 3.8) is 0 Å². The first kappa shape index (κ1) is 12.7. The summed E-state index contributed by atoms with van der Waals surface area (Å²) in [5, 5.41) is 0. The van der Waals surface area contributed by atoms with Crippen LogP contribution in [0.5, 0.6) is 0 Å². The first-order valence-corrected chi connectivity index (χ1v) is 6.41. The highest BCUT2D eigenvalue weighted by molar-refractivity contribution is 5.24. The van der Waals surface area contributed by atoms with Crippen LogP contribution in [0.4, 0.5) is 0 Å². The summed E-state index contributed by atoms with van der Waals surface area (Å²) in [5.41, 5.74) is 3.80. The average molecular weight is 240 g/mol. The molecule has 0 unspecified atom stereocenters. The third-order valence-electron chi connectivity index (χ3n) is 3.05. The SMILES string of the molecule is CC(C)(C)c1ccnc(CCc2ccccn2)c1. The van der Waals surface area contributed by atoms with Gasteiger partial charge in [-0.2, -0.15) is 0 Å². The number of aryl methyl sites for hydroxylation is 2. The molecule has 0 aliphatic rings. The van der Waals surface area contributed by atoms with Crippen LogP contribution in [0.15, 0.2) is 42.7 Å². The molecule has 0 saturated carbocycles. The molecule has 0 aliphatic heterocycles. The quantitative estimate of drug-likeness (QED) is 0.819. The summed E-state index contributed by atoms with van der Waals surface area (Å²) < 4.78 is 0. The molecule has 0 bridgehead atoms. The van der Waals surface area contributed by atoms with E-state index >= 15 is 0 Å². The Bertz CT molecular complexity index is 498. The lowest BCUT2D eigenvalue weighted by atomic mass is 9.87. The zero-order valence-corrected chi connectivity index (χ0v) is 11.4. The smallest absolute Gasteiger partial charge is 0.0410 e. The molecule has 0 saturated heterocycles. The molecule has 0 radical (unpaired) electrons. The normalized spacial score (nSPS) is 11.5. The third-order valence-corrected chi connectivity index (χ3v) is 3.05. The highest BCUT2D eigenvalue weighted by atomic mass is 14.7. The van der Waals surface area contributed by atoms with E-state index in [2.05, 4.69) is 48.9 Å². The number of pyridine rings is 2. The molecule has 2 heteroatoms. The second-order valence-corrected chi connectivity index (χ2v) is 5.61. The molecule has 2 rings (SSSR count). The summed E-state index contributed by atoms with van der Waals surface area (Å²) in [5.74, 6) is 0. The van der Waals surface area contributed by atoms with E-state index in [9.17, 15) is 0 Å². The molecule has 2 aromatic rings. The van der Waals surface area contributed by atoms with Gasteiger partial charge in [-0.3, -0.25) is 9.97 Å². The van der Waals surface area contributed by atoms with Gasteiger partial charge in [0.25, 0.3) is 0 Å². The molecule has 0 fully saturated rings. The van der Waals surface area contributed by atoms with Gasteiger partial charge in [0.1, 0.15) is 0 Å². The van der Waals surface area contributed by atoms with Crippen molar-refractivity contribution in [2.24, 2.45) is 0 Å². The van der Waals surface area contributed by atoms with E-state index < -0.39 is 0 Å². The van der Waals surface area contributed by atoms with E-state index in [0.29, 0.717) is 0 Å². The van der Waals surface area contributed by atoms with Gasteiger partial charge in [0.2, 0.25) is 0 Å². The molecular formula is C16H20N2. The van der Waals surface area contributed by atoms with Crippen LogP contribution in [-0.2, 0) is 18.3 Å². The summed E-state index contributed by atoms with van der Waals surface area (Å²) in [6.07, 6.45) is 5.64. The van der Waals surface area contributed by atoms with Crippen LogP contribution < -0.4 is 0 Å². The lowest BCUT2D eigenvalue weighted by molar-refractivity contribution is 0.587. The number of rotatable bonds is 3. The Morgan fingerprint density at radius 3 is 2.28 bits per heavy atom. The van der Waals surface area contributed by atoms with Crippen LogP contribution in [0, 0.1) is 0 Å². The number of hydrogen-bond donors (Lipinski definition) is 0. The van der Waals surface area contributed by atoms with Gasteiger partial charge in [0, 0.05) is 23.8 Å². The highest BCUT2D eigenvalue weighted by Gasteiger charge is 2.13. The molecule has 0 spiro atoms. The largest absolute Gasteiger partial charge is 0.261 e. The van der Waals surface area contributed by atoms with Gasteiger partial charge in [-0.15, -0.1) is 0 Å². The fourth-order valence-corrected chi connectivity index (χ4v) is 1.88. The predicted molar refractivity (Wildman–Crippen MR) is 74.6 cm³/mol. The minimum atomic E-state index is 0.183. The summed E-state index contributed by atoms with van der Waals surface area (Å²) >= 11 is 0. The minimum Gasteiger partial charge on any atom is -0.261 e. The standard InChI is InChI=1S/C16H20N2/c1-16(2,3)13-9-11-18-15(12-13)8-7-14-6-4-5-10-17-14/h4-6,9-12H,7-8H2,1-3H3. The second-order valence-electron chi connectivity index (χ2n) is 5.61. The van der Waals surface area contributed by atoms with E-state index in [1.165, 1.54) is 5.56 Å². The first-order chi connectivity index (χ1) is 8.55. The molecule has 0 aliphatic carbocycles. The predicted octanol–water partition coefficient (Wildman–Crippen LogP) is 3.56. The van der Waals surface area contributed by atoms with Crippen molar-refractivity contribution >= 4 is 0 Å². The van der Waals surface area contributed by atoms with Gasteiger partial charge < -0.3 is 0 Å². The van der Waals surface area contributed by atoms with Crippen molar-refractivity contribution in [1.82, 2.24) is 9.97 Å². The lowest BCUT2D eigenvalue weighted by Gasteiger charge is -2.19. The molecule has 2 aromatic heterocycles. The maximum absolute atomic E-state index is 4.44. The lowest BCUT2D eigenvalue weighted by Crippen LogP contribution is -2.12. The molecule has 0 N–H and O–H groups in total. The first-order valence-electron chi connectivity index (χ1n) is 6.41. The van der Waals surface area contributed by atoms with Gasteiger partial charge in [-0.25, -0.2) is 0 Å². The minimum absolute atomic E-state index is 0.183. The zero-order chi connectivity index (χ0) is 13.0. The van der Waals surface area contributed by atoms with E-state index in [-0.39, 0.29) is 5.41 Å². The number of hydrogen-bond acceptors (Lipinski definition) is 2. The summed E-state index contributed by atoms with van der Waals surface area (Å²) in [4.78, 5) is 8.78. The fourth-order valence-electron chi connectivity index (χ4n) is 1.88. The molecule has 2 nitrogen and oxygen atoms in total. The molecule has 0 amide bonds. The summed E-state index contributed by atoms with van der Waals surface area (Å²) in [6.45, 7) is 6.68. The second kappa shape index (κ2) is 5.30. The molecule has 18 heavy (non-hydrogen) atoms. The van der Waals surface area contributed by atoms with Crippen molar-refractivity contribution in [2.75, 3.05) is 0 Å². The Hall–Kier alpha value is -1.70. The van der Waals surface area contributed by atoms with E-state index in [4.69, 9.17) is 0 Å². The van der Waals surface area contributed by atoms with E-state index in [1.807, 2.05) is 24.5 Å². The van der Waals surface area contributed by atoms with Crippen molar-refractivity contribution in [2.45, 2.75) is 39.0 Å². The fraction of sp³-hybridized carbons (Fsp3) is 0.375. The summed E-state index contributed by atoms with van der Waals surface area (Å²) in [6, 6.07) is 10.4. The Balaban J connectivity index is 2.06. The zero-order valence-electron chi connectivity index (χ0n) is 11.4. The third kappa shape index (κ3) is 3.39. The van der Waals surface area contributed by atoms with Gasteiger partial charge in [-0.05, 0) is 48.1 Å². The van der Waals surface area contributed by atoms with Crippen molar-refractivity contribution < 1.29 is 0 Å². The number of nitrogens with zero attached hydrogens (tertiary/aromatic N) is 2. The van der Waals surface area contributed by atoms with Crippen LogP contribution in [0.3, 0.4) is 0 Å². The Kier molecular flexibility index (Phi) is 3.75. The van der Waals surface area contributed by atoms with Crippen LogP contribution >= 0.6 is 0 Å². The molecule has 0 aromatic carbocycles. The van der Waals surface area contributed by atoms with Crippen molar-refractivity contribution in [3.8, 4) is 0 Å². The maximum atomic E-state index is 4.44. The van der Waals surface area contributed by atoms with E-state index in [1.54, 1.807) is 0 Å². The van der Waals surface area contributed by atoms with Crippen LogP contribution in [0.2, 0.25) is 0 Å². The highest BCUT2D eigenvalue weighted by Crippen LogP contribution is 2.22. The monoisotopic (exact) mass is 240 g/mol. The Labute approximate surface area is 109 Å². The summed E-state index contributed by atoms with van der Waals surface area (Å²) in [7, 11) is 0.